The van der Waals surface area contributed by atoms with Gasteiger partial charge in [0.1, 0.15) is 0 Å². The van der Waals surface area contributed by atoms with Crippen molar-refractivity contribution in [1.29, 1.82) is 0 Å². The topological polar surface area (TPSA) is 21.7 Å². The van der Waals surface area contributed by atoms with Crippen molar-refractivity contribution >= 4 is 11.6 Å². The highest BCUT2D eigenvalue weighted by Crippen LogP contribution is 2.44. The van der Waals surface area contributed by atoms with Crippen LogP contribution in [0.3, 0.4) is 0 Å². The molecular formula is C19H22ClNO2. The molecule has 0 aromatic heterocycles. The molecule has 122 valence electrons. The Kier molecular flexibility index (Phi) is 4.79. The summed E-state index contributed by atoms with van der Waals surface area (Å²) in [5, 5.41) is 0.679. The zero-order chi connectivity index (χ0) is 16.4. The van der Waals surface area contributed by atoms with Crippen molar-refractivity contribution in [3.63, 3.8) is 0 Å². The number of benzene rings is 2. The Morgan fingerprint density at radius 3 is 2.52 bits per heavy atom. The first-order valence-corrected chi connectivity index (χ1v) is 8.20. The monoisotopic (exact) mass is 331 g/mol. The van der Waals surface area contributed by atoms with E-state index in [4.69, 9.17) is 21.1 Å². The fourth-order valence-corrected chi connectivity index (χ4v) is 3.72. The molecule has 0 saturated heterocycles. The summed E-state index contributed by atoms with van der Waals surface area (Å²) in [6, 6.07) is 12.7. The van der Waals surface area contributed by atoms with E-state index in [0.717, 1.165) is 19.5 Å². The molecule has 23 heavy (non-hydrogen) atoms. The minimum atomic E-state index is 0.274. The molecule has 0 fully saturated rings. The summed E-state index contributed by atoms with van der Waals surface area (Å²) in [6.45, 7) is 1.94. The molecular weight excluding hydrogens is 310 g/mol. The first-order valence-electron chi connectivity index (χ1n) is 7.82. The second-order valence-electron chi connectivity index (χ2n) is 5.97. The highest BCUT2D eigenvalue weighted by molar-refractivity contribution is 6.33. The van der Waals surface area contributed by atoms with Gasteiger partial charge in [-0.1, -0.05) is 41.9 Å². The van der Waals surface area contributed by atoms with Crippen LogP contribution in [0.5, 0.6) is 11.5 Å². The molecule has 1 aliphatic heterocycles. The molecule has 0 N–H and O–H groups in total. The van der Waals surface area contributed by atoms with Crippen LogP contribution < -0.4 is 9.47 Å². The van der Waals surface area contributed by atoms with E-state index in [2.05, 4.69) is 42.3 Å². The van der Waals surface area contributed by atoms with Crippen molar-refractivity contribution < 1.29 is 9.47 Å². The normalized spacial score (nSPS) is 18.2. The zero-order valence-corrected chi connectivity index (χ0v) is 14.6. The lowest BCUT2D eigenvalue weighted by molar-refractivity contribution is 0.338. The van der Waals surface area contributed by atoms with Crippen molar-refractivity contribution in [3.05, 3.63) is 58.1 Å². The van der Waals surface area contributed by atoms with Crippen LogP contribution in [0.25, 0.3) is 0 Å². The van der Waals surface area contributed by atoms with Crippen LogP contribution in [0.4, 0.5) is 0 Å². The lowest BCUT2D eigenvalue weighted by Gasteiger charge is -2.23. The van der Waals surface area contributed by atoms with Gasteiger partial charge >= 0.3 is 0 Å². The van der Waals surface area contributed by atoms with Gasteiger partial charge in [0.05, 0.1) is 19.2 Å². The Bertz CT molecular complexity index is 688. The molecule has 0 radical (unpaired) electrons. The number of likely N-dealkylation sites (N-methyl/N-ethyl adjacent to an activating group) is 1. The molecule has 2 aromatic rings. The molecule has 0 amide bonds. The number of hydrogen-bond acceptors (Lipinski definition) is 3. The van der Waals surface area contributed by atoms with Gasteiger partial charge < -0.3 is 14.4 Å². The molecule has 2 aromatic carbocycles. The van der Waals surface area contributed by atoms with Crippen molar-refractivity contribution in [1.82, 2.24) is 4.90 Å². The molecule has 0 spiro atoms. The molecule has 3 rings (SSSR count). The number of rotatable bonds is 3. The molecule has 3 nitrogen and oxygen atoms in total. The molecule has 0 bridgehead atoms. The second kappa shape index (κ2) is 6.81. The zero-order valence-electron chi connectivity index (χ0n) is 13.8. The van der Waals surface area contributed by atoms with Gasteiger partial charge in [-0.05, 0) is 36.2 Å². The third-order valence-electron chi connectivity index (χ3n) is 4.56. The van der Waals surface area contributed by atoms with Crippen molar-refractivity contribution in [2.24, 2.45) is 0 Å². The van der Waals surface area contributed by atoms with E-state index in [9.17, 15) is 0 Å². The highest BCUT2D eigenvalue weighted by Gasteiger charge is 2.28. The number of hydrogen-bond donors (Lipinski definition) is 0. The first kappa shape index (κ1) is 16.2. The SMILES string of the molecule is COc1cc2c(c(Cl)c1OC)CCN(C)C[C@H]2c1ccccc1. The maximum absolute atomic E-state index is 6.66. The van der Waals surface area contributed by atoms with Crippen LogP contribution in [-0.2, 0) is 6.42 Å². The van der Waals surface area contributed by atoms with E-state index >= 15 is 0 Å². The molecule has 1 aliphatic rings. The van der Waals surface area contributed by atoms with Crippen LogP contribution in [0.2, 0.25) is 5.02 Å². The largest absolute Gasteiger partial charge is 0.493 e. The molecule has 4 heteroatoms. The quantitative estimate of drug-likeness (QED) is 0.849. The average Bonchev–Trinajstić information content (AvgIpc) is 2.75. The van der Waals surface area contributed by atoms with Gasteiger partial charge in [0.15, 0.2) is 11.5 Å². The lowest BCUT2D eigenvalue weighted by Crippen LogP contribution is -2.24. The number of fused-ring (bicyclic) bond motifs is 1. The van der Waals surface area contributed by atoms with Gasteiger partial charge in [0.2, 0.25) is 0 Å². The Balaban J connectivity index is 2.19. The molecule has 0 saturated carbocycles. The summed E-state index contributed by atoms with van der Waals surface area (Å²) in [6.07, 6.45) is 0.911. The fraction of sp³-hybridized carbons (Fsp3) is 0.368. The summed E-state index contributed by atoms with van der Waals surface area (Å²) < 4.78 is 11.0. The fourth-order valence-electron chi connectivity index (χ4n) is 3.35. The van der Waals surface area contributed by atoms with Crippen LogP contribution in [0.1, 0.15) is 22.6 Å². The van der Waals surface area contributed by atoms with E-state index < -0.39 is 0 Å². The summed E-state index contributed by atoms with van der Waals surface area (Å²) in [7, 11) is 5.44. The van der Waals surface area contributed by atoms with Gasteiger partial charge in [-0.3, -0.25) is 0 Å². The smallest absolute Gasteiger partial charge is 0.179 e. The van der Waals surface area contributed by atoms with Crippen molar-refractivity contribution in [3.8, 4) is 11.5 Å². The molecule has 0 unspecified atom stereocenters. The van der Waals surface area contributed by atoms with Crippen LogP contribution >= 0.6 is 11.6 Å². The Labute approximate surface area is 142 Å². The Morgan fingerprint density at radius 1 is 1.13 bits per heavy atom. The van der Waals surface area contributed by atoms with Gasteiger partial charge in [-0.15, -0.1) is 0 Å². The van der Waals surface area contributed by atoms with Crippen LogP contribution in [0.15, 0.2) is 36.4 Å². The molecule has 1 atom stereocenters. The van der Waals surface area contributed by atoms with E-state index in [-0.39, 0.29) is 5.92 Å². The number of nitrogens with zero attached hydrogens (tertiary/aromatic N) is 1. The number of ether oxygens (including phenoxy) is 2. The van der Waals surface area contributed by atoms with Crippen LogP contribution in [0, 0.1) is 0 Å². The third kappa shape index (κ3) is 3.04. The molecule has 1 heterocycles. The minimum absolute atomic E-state index is 0.274. The molecule has 0 aliphatic carbocycles. The predicted molar refractivity (Wildman–Crippen MR) is 94.0 cm³/mol. The second-order valence-corrected chi connectivity index (χ2v) is 6.35. The van der Waals surface area contributed by atoms with Gasteiger partial charge in [0, 0.05) is 19.0 Å². The van der Waals surface area contributed by atoms with E-state index in [1.54, 1.807) is 14.2 Å². The Morgan fingerprint density at radius 2 is 1.87 bits per heavy atom. The van der Waals surface area contributed by atoms with E-state index in [1.807, 2.05) is 6.07 Å². The predicted octanol–water partition coefficient (Wildman–Crippen LogP) is 3.98. The number of halogens is 1. The standard InChI is InChI=1S/C19H22ClNO2/c1-21-10-9-14-15(11-17(22-2)19(23-3)18(14)20)16(12-21)13-7-5-4-6-8-13/h4-8,11,16H,9-10,12H2,1-3H3/t16-/m0/s1. The van der Waals surface area contributed by atoms with Crippen LogP contribution in [-0.4, -0.2) is 39.3 Å². The first-order chi connectivity index (χ1) is 11.2. The highest BCUT2D eigenvalue weighted by atomic mass is 35.5. The maximum atomic E-state index is 6.66. The van der Waals surface area contributed by atoms with Crippen molar-refractivity contribution in [2.45, 2.75) is 12.3 Å². The Hall–Kier alpha value is -1.71. The summed E-state index contributed by atoms with van der Waals surface area (Å²) in [5.41, 5.74) is 3.71. The van der Waals surface area contributed by atoms with Gasteiger partial charge in [-0.2, -0.15) is 0 Å². The van der Waals surface area contributed by atoms with Gasteiger partial charge in [0.25, 0.3) is 0 Å². The lowest BCUT2D eigenvalue weighted by atomic mass is 9.87. The average molecular weight is 332 g/mol. The van der Waals surface area contributed by atoms with E-state index in [1.165, 1.54) is 16.7 Å². The van der Waals surface area contributed by atoms with E-state index in [0.29, 0.717) is 16.5 Å². The maximum Gasteiger partial charge on any atom is 0.179 e. The third-order valence-corrected chi connectivity index (χ3v) is 4.96. The summed E-state index contributed by atoms with van der Waals surface area (Å²) in [5.74, 6) is 1.60. The number of methoxy groups -OCH3 is 2. The van der Waals surface area contributed by atoms with Gasteiger partial charge in [-0.25, -0.2) is 0 Å². The summed E-state index contributed by atoms with van der Waals surface area (Å²) in [4.78, 5) is 2.35. The van der Waals surface area contributed by atoms with Crippen molar-refractivity contribution in [2.75, 3.05) is 34.4 Å². The minimum Gasteiger partial charge on any atom is -0.493 e. The summed E-state index contributed by atoms with van der Waals surface area (Å²) >= 11 is 6.66.